The molecule has 188 valence electrons. The molecule has 0 radical (unpaired) electrons. The first-order valence-corrected chi connectivity index (χ1v) is 13.7. The molecular weight excluding hydrogens is 438 g/mol. The lowest BCUT2D eigenvalue weighted by Crippen LogP contribution is -2.41. The third-order valence-corrected chi connectivity index (χ3v) is 7.80. The molecule has 3 heterocycles. The minimum absolute atomic E-state index is 0.188. The summed E-state index contributed by atoms with van der Waals surface area (Å²) in [5.41, 5.74) is 1.94. The van der Waals surface area contributed by atoms with Crippen molar-refractivity contribution in [2.75, 3.05) is 19.6 Å². The van der Waals surface area contributed by atoms with Gasteiger partial charge in [-0.25, -0.2) is 9.78 Å². The minimum Gasteiger partial charge on any atom is -0.317 e. The maximum atomic E-state index is 13.7. The van der Waals surface area contributed by atoms with E-state index < -0.39 is 0 Å². The van der Waals surface area contributed by atoms with E-state index in [1.165, 1.54) is 36.7 Å². The van der Waals surface area contributed by atoms with Gasteiger partial charge in [0.1, 0.15) is 5.82 Å². The van der Waals surface area contributed by atoms with Gasteiger partial charge in [0.2, 0.25) is 0 Å². The molecule has 2 aliphatic rings. The van der Waals surface area contributed by atoms with E-state index in [2.05, 4.69) is 21.6 Å². The summed E-state index contributed by atoms with van der Waals surface area (Å²) < 4.78 is 5.39. The van der Waals surface area contributed by atoms with Crippen LogP contribution in [0.1, 0.15) is 82.0 Å². The highest BCUT2D eigenvalue weighted by Crippen LogP contribution is 2.35. The number of fused-ring (bicyclic) bond motifs is 1. The molecule has 1 aliphatic heterocycles. The molecule has 35 heavy (non-hydrogen) atoms. The van der Waals surface area contributed by atoms with Crippen molar-refractivity contribution in [2.24, 2.45) is 0 Å². The summed E-state index contributed by atoms with van der Waals surface area (Å²) in [7, 11) is 0. The van der Waals surface area contributed by atoms with Crippen LogP contribution in [0.25, 0.3) is 11.2 Å². The Bertz CT molecular complexity index is 1240. The highest BCUT2D eigenvalue weighted by atomic mass is 16.2. The molecular formula is C28H39N5O2. The van der Waals surface area contributed by atoms with Crippen molar-refractivity contribution in [3.63, 3.8) is 0 Å². The maximum absolute atomic E-state index is 13.7. The molecule has 3 aromatic rings. The highest BCUT2D eigenvalue weighted by molar-refractivity contribution is 5.71. The molecule has 0 atom stereocenters. The lowest BCUT2D eigenvalue weighted by Gasteiger charge is -2.26. The van der Waals surface area contributed by atoms with Gasteiger partial charge in [-0.1, -0.05) is 56.5 Å². The fraction of sp³-hybridized carbons (Fsp3) is 0.607. The predicted molar refractivity (Wildman–Crippen MR) is 140 cm³/mol. The number of nitrogens with zero attached hydrogens (tertiary/aromatic N) is 5. The van der Waals surface area contributed by atoms with Crippen LogP contribution in [0.15, 0.2) is 39.9 Å². The number of benzene rings is 1. The molecule has 2 aromatic heterocycles. The average Bonchev–Trinajstić information content (AvgIpc) is 3.54. The Morgan fingerprint density at radius 3 is 2.31 bits per heavy atom. The zero-order valence-electron chi connectivity index (χ0n) is 21.1. The van der Waals surface area contributed by atoms with Crippen molar-refractivity contribution in [3.8, 4) is 0 Å². The summed E-state index contributed by atoms with van der Waals surface area (Å²) in [5.74, 6) is 1.33. The van der Waals surface area contributed by atoms with Crippen LogP contribution in [0.4, 0.5) is 0 Å². The molecule has 1 aromatic carbocycles. The zero-order valence-corrected chi connectivity index (χ0v) is 21.1. The Hall–Kier alpha value is -2.67. The van der Waals surface area contributed by atoms with Gasteiger partial charge in [0.05, 0.1) is 0 Å². The quantitative estimate of drug-likeness (QED) is 0.460. The standard InChI is InChI=1S/C28H39N5O2/c1-2-16-32-27(34)24-26(31(28(32)35)20-11-19-30-17-9-4-10-18-30)29-25(23-14-7-8-15-23)33(24)21-22-12-5-3-6-13-22/h3,5-6,12-13,23H,2,4,7-11,14-21H2,1H3. The van der Waals surface area contributed by atoms with Crippen molar-refractivity contribution in [1.82, 2.24) is 23.6 Å². The summed E-state index contributed by atoms with van der Waals surface area (Å²) in [6.07, 6.45) is 10.1. The Morgan fingerprint density at radius 2 is 1.60 bits per heavy atom. The summed E-state index contributed by atoms with van der Waals surface area (Å²) in [6, 6.07) is 10.3. The third-order valence-electron chi connectivity index (χ3n) is 7.80. The van der Waals surface area contributed by atoms with E-state index in [0.29, 0.717) is 36.7 Å². The van der Waals surface area contributed by atoms with Gasteiger partial charge in [-0.3, -0.25) is 13.9 Å². The molecule has 1 saturated carbocycles. The number of hydrogen-bond acceptors (Lipinski definition) is 4. The molecule has 7 nitrogen and oxygen atoms in total. The van der Waals surface area contributed by atoms with E-state index in [-0.39, 0.29) is 11.2 Å². The number of piperidine rings is 1. The van der Waals surface area contributed by atoms with Crippen molar-refractivity contribution in [1.29, 1.82) is 0 Å². The predicted octanol–water partition coefficient (Wildman–Crippen LogP) is 4.35. The monoisotopic (exact) mass is 477 g/mol. The molecule has 0 spiro atoms. The molecule has 1 saturated heterocycles. The van der Waals surface area contributed by atoms with E-state index >= 15 is 0 Å². The first kappa shape index (κ1) is 24.0. The number of rotatable bonds is 9. The largest absolute Gasteiger partial charge is 0.332 e. The van der Waals surface area contributed by atoms with Gasteiger partial charge >= 0.3 is 5.69 Å². The van der Waals surface area contributed by atoms with Crippen molar-refractivity contribution >= 4 is 11.2 Å². The van der Waals surface area contributed by atoms with Crippen LogP contribution in [-0.4, -0.2) is 43.2 Å². The van der Waals surface area contributed by atoms with E-state index in [9.17, 15) is 9.59 Å². The van der Waals surface area contributed by atoms with Crippen LogP contribution in [-0.2, 0) is 19.6 Å². The zero-order chi connectivity index (χ0) is 24.2. The topological polar surface area (TPSA) is 65.1 Å². The SMILES string of the molecule is CCCn1c(=O)c2c(nc(C3CCCC3)n2Cc2ccccc2)n(CCCN2CCCCC2)c1=O. The molecule has 2 fully saturated rings. The second-order valence-corrected chi connectivity index (χ2v) is 10.3. The number of aryl methyl sites for hydroxylation is 1. The van der Waals surface area contributed by atoms with Crippen molar-refractivity contribution in [3.05, 3.63) is 62.6 Å². The van der Waals surface area contributed by atoms with Gasteiger partial charge in [0.25, 0.3) is 5.56 Å². The molecule has 0 N–H and O–H groups in total. The molecule has 5 rings (SSSR count). The Kier molecular flexibility index (Phi) is 7.51. The second kappa shape index (κ2) is 10.9. The lowest BCUT2D eigenvalue weighted by molar-refractivity contribution is 0.222. The molecule has 1 aliphatic carbocycles. The van der Waals surface area contributed by atoms with Crippen LogP contribution in [0.3, 0.4) is 0 Å². The number of likely N-dealkylation sites (tertiary alicyclic amines) is 1. The molecule has 0 amide bonds. The lowest BCUT2D eigenvalue weighted by atomic mass is 10.1. The van der Waals surface area contributed by atoms with Gasteiger partial charge in [0, 0.05) is 25.6 Å². The number of aromatic nitrogens is 4. The smallest absolute Gasteiger partial charge is 0.317 e. The van der Waals surface area contributed by atoms with Crippen molar-refractivity contribution in [2.45, 2.75) is 90.3 Å². The Morgan fingerprint density at radius 1 is 0.857 bits per heavy atom. The average molecular weight is 478 g/mol. The van der Waals surface area contributed by atoms with E-state index in [0.717, 1.165) is 56.7 Å². The van der Waals surface area contributed by atoms with Gasteiger partial charge in [0.15, 0.2) is 11.2 Å². The van der Waals surface area contributed by atoms with Gasteiger partial charge in [-0.05, 0) is 63.7 Å². The van der Waals surface area contributed by atoms with Crippen LogP contribution in [0, 0.1) is 0 Å². The first-order chi connectivity index (χ1) is 17.2. The Labute approximate surface area is 207 Å². The third kappa shape index (κ3) is 5.01. The van der Waals surface area contributed by atoms with Gasteiger partial charge < -0.3 is 9.47 Å². The number of hydrogen-bond donors (Lipinski definition) is 0. The summed E-state index contributed by atoms with van der Waals surface area (Å²) in [5, 5.41) is 0. The Balaban J connectivity index is 1.60. The highest BCUT2D eigenvalue weighted by Gasteiger charge is 2.28. The second-order valence-electron chi connectivity index (χ2n) is 10.3. The van der Waals surface area contributed by atoms with Gasteiger partial charge in [-0.2, -0.15) is 0 Å². The fourth-order valence-corrected chi connectivity index (χ4v) is 5.99. The first-order valence-electron chi connectivity index (χ1n) is 13.7. The normalized spacial score (nSPS) is 17.5. The summed E-state index contributed by atoms with van der Waals surface area (Å²) in [6.45, 7) is 6.95. The molecule has 0 unspecified atom stereocenters. The fourth-order valence-electron chi connectivity index (χ4n) is 5.99. The van der Waals surface area contributed by atoms with Crippen molar-refractivity contribution < 1.29 is 0 Å². The molecule has 7 heteroatoms. The van der Waals surface area contributed by atoms with Crippen LogP contribution in [0.5, 0.6) is 0 Å². The van der Waals surface area contributed by atoms with E-state index in [1.807, 2.05) is 25.1 Å². The minimum atomic E-state index is -0.203. The number of imidazole rings is 1. The van der Waals surface area contributed by atoms with E-state index in [1.54, 1.807) is 4.57 Å². The molecule has 0 bridgehead atoms. The van der Waals surface area contributed by atoms with Crippen LogP contribution < -0.4 is 11.2 Å². The van der Waals surface area contributed by atoms with E-state index in [4.69, 9.17) is 4.98 Å². The summed E-state index contributed by atoms with van der Waals surface area (Å²) >= 11 is 0. The van der Waals surface area contributed by atoms with Crippen LogP contribution in [0.2, 0.25) is 0 Å². The summed E-state index contributed by atoms with van der Waals surface area (Å²) in [4.78, 5) is 34.9. The van der Waals surface area contributed by atoms with Gasteiger partial charge in [-0.15, -0.1) is 0 Å². The maximum Gasteiger partial charge on any atom is 0.332 e. The van der Waals surface area contributed by atoms with Crippen LogP contribution >= 0.6 is 0 Å².